The summed E-state index contributed by atoms with van der Waals surface area (Å²) in [5.41, 5.74) is 0.284. The minimum atomic E-state index is -0.682. The first-order chi connectivity index (χ1) is 8.92. The van der Waals surface area contributed by atoms with Gasteiger partial charge in [-0.15, -0.1) is 0 Å². The van der Waals surface area contributed by atoms with E-state index in [0.717, 1.165) is 0 Å². The standard InChI is InChI=1S/C11H18N4O4/c1-5-8-9(15(17)18)10(14(4)13-8)12-7(3)11(16)19-6-2/h7,12H,5-6H2,1-4H3. The molecule has 0 saturated heterocycles. The van der Waals surface area contributed by atoms with Crippen molar-refractivity contribution < 1.29 is 14.5 Å². The molecule has 1 atom stereocenters. The highest BCUT2D eigenvalue weighted by Crippen LogP contribution is 2.28. The summed E-state index contributed by atoms with van der Waals surface area (Å²) in [5.74, 6) is -0.251. The molecule has 1 N–H and O–H groups in total. The van der Waals surface area contributed by atoms with Crippen molar-refractivity contribution in [2.24, 2.45) is 7.05 Å². The van der Waals surface area contributed by atoms with Crippen molar-refractivity contribution in [1.29, 1.82) is 0 Å². The molecule has 0 saturated carbocycles. The Bertz CT molecular complexity index is 483. The Balaban J connectivity index is 3.03. The Morgan fingerprint density at radius 1 is 1.58 bits per heavy atom. The molecule has 8 heteroatoms. The summed E-state index contributed by atoms with van der Waals surface area (Å²) in [6, 6.07) is -0.682. The number of nitrogens with zero attached hydrogens (tertiary/aromatic N) is 3. The molecule has 0 aliphatic carbocycles. The molecule has 1 heterocycles. The molecule has 1 aromatic rings. The minimum absolute atomic E-state index is 0.0962. The molecule has 0 aliphatic rings. The Morgan fingerprint density at radius 3 is 2.68 bits per heavy atom. The molecule has 0 radical (unpaired) electrons. The van der Waals surface area contributed by atoms with Crippen LogP contribution in [0.1, 0.15) is 26.5 Å². The number of carbonyl (C=O) groups excluding carboxylic acids is 1. The fourth-order valence-corrected chi connectivity index (χ4v) is 1.69. The summed E-state index contributed by atoms with van der Waals surface area (Å²) in [6.07, 6.45) is 0.444. The zero-order valence-electron chi connectivity index (χ0n) is 11.5. The van der Waals surface area contributed by atoms with Crippen LogP contribution in [-0.2, 0) is 23.0 Å². The van der Waals surface area contributed by atoms with Gasteiger partial charge in [-0.2, -0.15) is 5.10 Å². The van der Waals surface area contributed by atoms with Gasteiger partial charge in [-0.05, 0) is 20.3 Å². The van der Waals surface area contributed by atoms with Gasteiger partial charge >= 0.3 is 11.7 Å². The van der Waals surface area contributed by atoms with E-state index in [1.54, 1.807) is 27.8 Å². The van der Waals surface area contributed by atoms with Crippen molar-refractivity contribution in [3.8, 4) is 0 Å². The third-order valence-corrected chi connectivity index (χ3v) is 2.60. The molecule has 0 amide bonds. The Morgan fingerprint density at radius 2 is 2.21 bits per heavy atom. The normalized spacial score (nSPS) is 12.0. The lowest BCUT2D eigenvalue weighted by molar-refractivity contribution is -0.384. The van der Waals surface area contributed by atoms with E-state index < -0.39 is 16.9 Å². The molecule has 0 spiro atoms. The summed E-state index contributed by atoms with van der Waals surface area (Å²) in [5, 5.41) is 17.9. The van der Waals surface area contributed by atoms with E-state index >= 15 is 0 Å². The van der Waals surface area contributed by atoms with Crippen LogP contribution < -0.4 is 5.32 Å². The van der Waals surface area contributed by atoms with E-state index in [1.807, 2.05) is 0 Å². The zero-order valence-corrected chi connectivity index (χ0v) is 11.5. The number of nitro groups is 1. The molecule has 19 heavy (non-hydrogen) atoms. The Labute approximate surface area is 110 Å². The average molecular weight is 270 g/mol. The number of hydrogen-bond donors (Lipinski definition) is 1. The first-order valence-corrected chi connectivity index (χ1v) is 6.05. The molecule has 106 valence electrons. The first-order valence-electron chi connectivity index (χ1n) is 6.05. The van der Waals surface area contributed by atoms with Gasteiger partial charge in [0.15, 0.2) is 0 Å². The van der Waals surface area contributed by atoms with Crippen molar-refractivity contribution in [3.63, 3.8) is 0 Å². The number of ether oxygens (including phenoxy) is 1. The van der Waals surface area contributed by atoms with Crippen molar-refractivity contribution in [2.45, 2.75) is 33.2 Å². The number of hydrogen-bond acceptors (Lipinski definition) is 6. The monoisotopic (exact) mass is 270 g/mol. The van der Waals surface area contributed by atoms with Crippen LogP contribution in [0.5, 0.6) is 0 Å². The second-order valence-electron chi connectivity index (χ2n) is 4.00. The Kier molecular flexibility index (Phi) is 4.85. The highest BCUT2D eigenvalue weighted by molar-refractivity contribution is 5.79. The van der Waals surface area contributed by atoms with Gasteiger partial charge in [0.1, 0.15) is 11.7 Å². The van der Waals surface area contributed by atoms with Gasteiger partial charge in [0.25, 0.3) is 0 Å². The van der Waals surface area contributed by atoms with Crippen molar-refractivity contribution in [2.75, 3.05) is 11.9 Å². The van der Waals surface area contributed by atoms with Crippen molar-refractivity contribution in [1.82, 2.24) is 9.78 Å². The van der Waals surface area contributed by atoms with E-state index in [-0.39, 0.29) is 18.1 Å². The fourth-order valence-electron chi connectivity index (χ4n) is 1.69. The molecule has 1 rings (SSSR count). The highest BCUT2D eigenvalue weighted by Gasteiger charge is 2.28. The zero-order chi connectivity index (χ0) is 14.6. The second-order valence-corrected chi connectivity index (χ2v) is 4.00. The van der Waals surface area contributed by atoms with Crippen LogP contribution in [-0.4, -0.2) is 33.3 Å². The van der Waals surface area contributed by atoms with Gasteiger partial charge < -0.3 is 10.1 Å². The number of aryl methyl sites for hydroxylation is 2. The number of anilines is 1. The lowest BCUT2D eigenvalue weighted by atomic mass is 10.2. The van der Waals surface area contributed by atoms with Crippen LogP contribution in [0.4, 0.5) is 11.5 Å². The predicted molar refractivity (Wildman–Crippen MR) is 69.0 cm³/mol. The highest BCUT2D eigenvalue weighted by atomic mass is 16.6. The van der Waals surface area contributed by atoms with Crippen LogP contribution >= 0.6 is 0 Å². The fraction of sp³-hybridized carbons (Fsp3) is 0.636. The second kappa shape index (κ2) is 6.17. The number of carbonyl (C=O) groups is 1. The first kappa shape index (κ1) is 14.9. The van der Waals surface area contributed by atoms with Crippen LogP contribution in [0.25, 0.3) is 0 Å². The van der Waals surface area contributed by atoms with Crippen LogP contribution in [0, 0.1) is 10.1 Å². The average Bonchev–Trinajstić information content (AvgIpc) is 2.66. The molecular weight excluding hydrogens is 252 g/mol. The molecule has 0 fully saturated rings. The van der Waals surface area contributed by atoms with E-state index in [9.17, 15) is 14.9 Å². The summed E-state index contributed by atoms with van der Waals surface area (Å²) in [7, 11) is 1.59. The number of rotatable bonds is 6. The largest absolute Gasteiger partial charge is 0.464 e. The summed E-state index contributed by atoms with van der Waals surface area (Å²) >= 11 is 0. The number of esters is 1. The molecule has 0 aliphatic heterocycles. The summed E-state index contributed by atoms with van der Waals surface area (Å²) in [4.78, 5) is 22.1. The van der Waals surface area contributed by atoms with Gasteiger partial charge in [0, 0.05) is 7.05 Å². The molecular formula is C11H18N4O4. The van der Waals surface area contributed by atoms with Gasteiger partial charge in [0.05, 0.1) is 11.5 Å². The van der Waals surface area contributed by atoms with Crippen LogP contribution in [0.3, 0.4) is 0 Å². The van der Waals surface area contributed by atoms with Gasteiger partial charge in [-0.3, -0.25) is 10.1 Å². The van der Waals surface area contributed by atoms with Crippen LogP contribution in [0.2, 0.25) is 0 Å². The molecule has 0 bridgehead atoms. The van der Waals surface area contributed by atoms with Gasteiger partial charge in [-0.25, -0.2) is 9.48 Å². The number of aromatic nitrogens is 2. The van der Waals surface area contributed by atoms with Crippen molar-refractivity contribution >= 4 is 17.5 Å². The lowest BCUT2D eigenvalue weighted by Gasteiger charge is -2.13. The van der Waals surface area contributed by atoms with E-state index in [0.29, 0.717) is 12.1 Å². The maximum Gasteiger partial charge on any atom is 0.334 e. The van der Waals surface area contributed by atoms with Crippen LogP contribution in [0.15, 0.2) is 0 Å². The Hall–Kier alpha value is -2.12. The van der Waals surface area contributed by atoms with E-state index in [1.165, 1.54) is 4.68 Å². The van der Waals surface area contributed by atoms with Gasteiger partial charge in [-0.1, -0.05) is 6.92 Å². The molecule has 1 aromatic heterocycles. The predicted octanol–water partition coefficient (Wildman–Crippen LogP) is 1.25. The topological polar surface area (TPSA) is 99.3 Å². The number of nitrogens with one attached hydrogen (secondary N) is 1. The molecule has 0 aromatic carbocycles. The summed E-state index contributed by atoms with van der Waals surface area (Å²) < 4.78 is 6.22. The maximum absolute atomic E-state index is 11.5. The third kappa shape index (κ3) is 3.21. The summed E-state index contributed by atoms with van der Waals surface area (Å²) in [6.45, 7) is 5.33. The van der Waals surface area contributed by atoms with Crippen molar-refractivity contribution in [3.05, 3.63) is 15.8 Å². The van der Waals surface area contributed by atoms with E-state index in [2.05, 4.69) is 10.4 Å². The SMILES string of the molecule is CCOC(=O)C(C)Nc1c([N+](=O)[O-])c(CC)nn1C. The minimum Gasteiger partial charge on any atom is -0.464 e. The maximum atomic E-state index is 11.5. The lowest BCUT2D eigenvalue weighted by Crippen LogP contribution is -2.29. The van der Waals surface area contributed by atoms with Gasteiger partial charge in [0.2, 0.25) is 5.82 Å². The molecule has 8 nitrogen and oxygen atoms in total. The quantitative estimate of drug-likeness (QED) is 0.474. The third-order valence-electron chi connectivity index (χ3n) is 2.60. The molecule has 1 unspecified atom stereocenters. The van der Waals surface area contributed by atoms with E-state index in [4.69, 9.17) is 4.74 Å². The smallest absolute Gasteiger partial charge is 0.334 e.